The second-order valence-electron chi connectivity index (χ2n) is 3.39. The zero-order valence-corrected chi connectivity index (χ0v) is 10.8. The first-order valence-electron chi connectivity index (χ1n) is 4.55. The van der Waals surface area contributed by atoms with Gasteiger partial charge in [-0.1, -0.05) is 6.07 Å². The molecule has 4 heteroatoms. The van der Waals surface area contributed by atoms with Crippen LogP contribution in [0.3, 0.4) is 0 Å². The molecule has 1 aliphatic heterocycles. The predicted octanol–water partition coefficient (Wildman–Crippen LogP) is 2.81. The summed E-state index contributed by atoms with van der Waals surface area (Å²) in [6, 6.07) is 5.95. The molecule has 0 spiro atoms. The lowest BCUT2D eigenvalue weighted by Gasteiger charge is -2.27. The molecule has 76 valence electrons. The fraction of sp³-hybridized carbons (Fsp3) is 0.400. The second kappa shape index (κ2) is 4.64. The normalized spacial score (nSPS) is 16.4. The van der Waals surface area contributed by atoms with Crippen LogP contribution >= 0.6 is 31.9 Å². The highest BCUT2D eigenvalue weighted by atomic mass is 79.9. The van der Waals surface area contributed by atoms with E-state index in [2.05, 4.69) is 37.2 Å². The van der Waals surface area contributed by atoms with Crippen LogP contribution in [-0.2, 0) is 0 Å². The molecule has 1 aromatic rings. The number of halogens is 2. The van der Waals surface area contributed by atoms with Gasteiger partial charge in [-0.2, -0.15) is 0 Å². The van der Waals surface area contributed by atoms with Crippen molar-refractivity contribution >= 4 is 31.9 Å². The van der Waals surface area contributed by atoms with E-state index in [4.69, 9.17) is 4.74 Å². The maximum Gasteiger partial charge on any atom is 0.147 e. The van der Waals surface area contributed by atoms with Gasteiger partial charge in [-0.3, -0.25) is 0 Å². The molecule has 1 heterocycles. The third-order valence-corrected chi connectivity index (χ3v) is 3.50. The Balaban J connectivity index is 2.00. The molecule has 1 aromatic carbocycles. The molecular weight excluding hydrogens is 310 g/mol. The maximum atomic E-state index is 5.74. The van der Waals surface area contributed by atoms with Gasteiger partial charge in [0.05, 0.1) is 15.6 Å². The third kappa shape index (κ3) is 2.30. The lowest BCUT2D eigenvalue weighted by molar-refractivity contribution is 0.197. The molecule has 1 aliphatic rings. The van der Waals surface area contributed by atoms with Crippen molar-refractivity contribution < 1.29 is 4.74 Å². The molecule has 1 N–H and O–H groups in total. The zero-order valence-electron chi connectivity index (χ0n) is 7.59. The summed E-state index contributed by atoms with van der Waals surface area (Å²) in [6.07, 6.45) is 0. The van der Waals surface area contributed by atoms with Crippen LogP contribution in [0.4, 0.5) is 0 Å². The zero-order chi connectivity index (χ0) is 9.97. The first-order chi connectivity index (χ1) is 6.77. The summed E-state index contributed by atoms with van der Waals surface area (Å²) >= 11 is 6.93. The first-order valence-corrected chi connectivity index (χ1v) is 6.13. The van der Waals surface area contributed by atoms with Gasteiger partial charge in [0.1, 0.15) is 5.75 Å². The van der Waals surface area contributed by atoms with Crippen LogP contribution < -0.4 is 10.1 Å². The largest absolute Gasteiger partial charge is 0.491 e. The molecule has 2 nitrogen and oxygen atoms in total. The van der Waals surface area contributed by atoms with E-state index in [0.717, 1.165) is 34.4 Å². The van der Waals surface area contributed by atoms with E-state index in [1.807, 2.05) is 18.2 Å². The van der Waals surface area contributed by atoms with Crippen LogP contribution in [0.25, 0.3) is 0 Å². The van der Waals surface area contributed by atoms with Crippen LogP contribution in [0.1, 0.15) is 0 Å². The summed E-state index contributed by atoms with van der Waals surface area (Å²) in [5, 5.41) is 3.22. The SMILES string of the molecule is Brc1cccc(Br)c1OCC1CNC1. The van der Waals surface area contributed by atoms with E-state index in [9.17, 15) is 0 Å². The number of para-hydroxylation sites is 1. The minimum Gasteiger partial charge on any atom is -0.491 e. The molecular formula is C10H11Br2NO. The maximum absolute atomic E-state index is 5.74. The van der Waals surface area contributed by atoms with E-state index in [1.165, 1.54) is 0 Å². The van der Waals surface area contributed by atoms with Crippen LogP contribution in [0, 0.1) is 5.92 Å². The highest BCUT2D eigenvalue weighted by molar-refractivity contribution is 9.11. The number of ether oxygens (including phenoxy) is 1. The van der Waals surface area contributed by atoms with Gasteiger partial charge in [-0.15, -0.1) is 0 Å². The fourth-order valence-corrected chi connectivity index (χ4v) is 2.52. The number of nitrogens with one attached hydrogen (secondary N) is 1. The smallest absolute Gasteiger partial charge is 0.147 e. The summed E-state index contributed by atoms with van der Waals surface area (Å²) in [7, 11) is 0. The number of rotatable bonds is 3. The van der Waals surface area contributed by atoms with Crippen LogP contribution in [0.2, 0.25) is 0 Å². The summed E-state index contributed by atoms with van der Waals surface area (Å²) < 4.78 is 7.74. The van der Waals surface area contributed by atoms with E-state index in [0.29, 0.717) is 5.92 Å². The van der Waals surface area contributed by atoms with Gasteiger partial charge >= 0.3 is 0 Å². The Bertz CT molecular complexity index is 306. The number of benzene rings is 1. The minimum absolute atomic E-state index is 0.661. The molecule has 0 amide bonds. The average Bonchev–Trinajstić information content (AvgIpc) is 2.07. The van der Waals surface area contributed by atoms with E-state index >= 15 is 0 Å². The number of hydrogen-bond donors (Lipinski definition) is 1. The summed E-state index contributed by atoms with van der Waals surface area (Å²) in [5.74, 6) is 1.56. The Kier molecular flexibility index (Phi) is 3.47. The third-order valence-electron chi connectivity index (χ3n) is 2.25. The van der Waals surface area contributed by atoms with Gasteiger partial charge in [0.25, 0.3) is 0 Å². The molecule has 1 fully saturated rings. The highest BCUT2D eigenvalue weighted by Gasteiger charge is 2.18. The van der Waals surface area contributed by atoms with Crippen LogP contribution in [0.15, 0.2) is 27.1 Å². The Morgan fingerprint density at radius 2 is 1.93 bits per heavy atom. The first kappa shape index (κ1) is 10.5. The van der Waals surface area contributed by atoms with Gasteiger partial charge in [-0.05, 0) is 44.0 Å². The topological polar surface area (TPSA) is 21.3 Å². The quantitative estimate of drug-likeness (QED) is 0.924. The van der Waals surface area contributed by atoms with Crippen molar-refractivity contribution in [3.63, 3.8) is 0 Å². The molecule has 1 saturated heterocycles. The lowest BCUT2D eigenvalue weighted by Crippen LogP contribution is -2.45. The molecule has 0 radical (unpaired) electrons. The van der Waals surface area contributed by atoms with Crippen molar-refractivity contribution in [2.75, 3.05) is 19.7 Å². The monoisotopic (exact) mass is 319 g/mol. The van der Waals surface area contributed by atoms with E-state index in [1.54, 1.807) is 0 Å². The van der Waals surface area contributed by atoms with Crippen LogP contribution in [0.5, 0.6) is 5.75 Å². The Morgan fingerprint density at radius 3 is 2.43 bits per heavy atom. The van der Waals surface area contributed by atoms with Gasteiger partial charge in [0.2, 0.25) is 0 Å². The Labute approximate surface area is 100 Å². The standard InChI is InChI=1S/C10H11Br2NO/c11-8-2-1-3-9(12)10(8)14-6-7-4-13-5-7/h1-3,7,13H,4-6H2. The average molecular weight is 321 g/mol. The summed E-state index contributed by atoms with van der Waals surface area (Å²) in [6.45, 7) is 2.93. The minimum atomic E-state index is 0.661. The molecule has 0 bridgehead atoms. The molecule has 2 rings (SSSR count). The molecule has 0 aromatic heterocycles. The van der Waals surface area contributed by atoms with Crippen molar-refractivity contribution in [1.29, 1.82) is 0 Å². The molecule has 0 aliphatic carbocycles. The van der Waals surface area contributed by atoms with Crippen molar-refractivity contribution in [3.8, 4) is 5.75 Å². The highest BCUT2D eigenvalue weighted by Crippen LogP contribution is 2.33. The van der Waals surface area contributed by atoms with Gasteiger partial charge in [0.15, 0.2) is 0 Å². The van der Waals surface area contributed by atoms with E-state index < -0.39 is 0 Å². The Hall–Kier alpha value is -0.0600. The number of hydrogen-bond acceptors (Lipinski definition) is 2. The molecule has 0 unspecified atom stereocenters. The summed E-state index contributed by atoms with van der Waals surface area (Å²) in [4.78, 5) is 0. The Morgan fingerprint density at radius 1 is 1.29 bits per heavy atom. The van der Waals surface area contributed by atoms with Crippen molar-refractivity contribution in [3.05, 3.63) is 27.1 Å². The molecule has 0 atom stereocenters. The fourth-order valence-electron chi connectivity index (χ4n) is 1.29. The van der Waals surface area contributed by atoms with Crippen molar-refractivity contribution in [1.82, 2.24) is 5.32 Å². The predicted molar refractivity (Wildman–Crippen MR) is 63.7 cm³/mol. The van der Waals surface area contributed by atoms with Crippen molar-refractivity contribution in [2.45, 2.75) is 0 Å². The van der Waals surface area contributed by atoms with Crippen LogP contribution in [-0.4, -0.2) is 19.7 Å². The van der Waals surface area contributed by atoms with Gasteiger partial charge in [0, 0.05) is 19.0 Å². The lowest BCUT2D eigenvalue weighted by atomic mass is 10.1. The summed E-state index contributed by atoms with van der Waals surface area (Å²) in [5.41, 5.74) is 0. The van der Waals surface area contributed by atoms with Crippen molar-refractivity contribution in [2.24, 2.45) is 5.92 Å². The molecule has 14 heavy (non-hydrogen) atoms. The second-order valence-corrected chi connectivity index (χ2v) is 5.09. The van der Waals surface area contributed by atoms with Gasteiger partial charge in [-0.25, -0.2) is 0 Å². The van der Waals surface area contributed by atoms with E-state index in [-0.39, 0.29) is 0 Å². The van der Waals surface area contributed by atoms with Gasteiger partial charge < -0.3 is 10.1 Å². The molecule has 0 saturated carbocycles.